The highest BCUT2D eigenvalue weighted by Crippen LogP contribution is 2.18. The zero-order valence-electron chi connectivity index (χ0n) is 8.10. The molecule has 0 spiro atoms. The first kappa shape index (κ1) is 10.7. The van der Waals surface area contributed by atoms with Crippen LogP contribution in [0.15, 0.2) is 30.3 Å². The molecule has 0 N–H and O–H groups in total. The van der Waals surface area contributed by atoms with Crippen LogP contribution >= 0.6 is 0 Å². The number of carbonyl (C=O) groups is 1. The smallest absolute Gasteiger partial charge is 0.343 e. The fourth-order valence-corrected chi connectivity index (χ4v) is 1.06. The number of hydrogen-bond acceptors (Lipinski definition) is 4. The van der Waals surface area contributed by atoms with E-state index in [2.05, 4.69) is 9.62 Å². The number of carbonyl (C=O) groups excluding carboxylic acids is 1. The zero-order chi connectivity index (χ0) is 10.4. The van der Waals surface area contributed by atoms with Crippen molar-refractivity contribution in [3.05, 3.63) is 35.9 Å². The van der Waals surface area contributed by atoms with Gasteiger partial charge in [-0.2, -0.15) is 0 Å². The average molecular weight is 196 g/mol. The fourth-order valence-electron chi connectivity index (χ4n) is 1.06. The molecule has 0 heterocycles. The van der Waals surface area contributed by atoms with Gasteiger partial charge in [-0.25, -0.2) is 14.6 Å². The minimum atomic E-state index is -0.828. The second kappa shape index (κ2) is 5.36. The number of hydrogen-bond donors (Lipinski definition) is 0. The molecule has 4 heteroatoms. The predicted octanol–water partition coefficient (Wildman–Crippen LogP) is 1.48. The quantitative estimate of drug-likeness (QED) is 0.415. The van der Waals surface area contributed by atoms with Gasteiger partial charge in [-0.1, -0.05) is 30.3 Å². The molecule has 0 aromatic heterocycles. The molecule has 4 nitrogen and oxygen atoms in total. The van der Waals surface area contributed by atoms with E-state index >= 15 is 0 Å². The van der Waals surface area contributed by atoms with Crippen molar-refractivity contribution in [3.8, 4) is 0 Å². The monoisotopic (exact) mass is 196 g/mol. The van der Waals surface area contributed by atoms with Crippen LogP contribution in [0.25, 0.3) is 0 Å². The van der Waals surface area contributed by atoms with Crippen molar-refractivity contribution in [2.24, 2.45) is 0 Å². The maximum atomic E-state index is 11.3. The number of rotatable bonds is 4. The third-order valence-electron chi connectivity index (χ3n) is 1.71. The summed E-state index contributed by atoms with van der Waals surface area (Å²) in [5.74, 6) is -0.488. The summed E-state index contributed by atoms with van der Waals surface area (Å²) in [6.07, 6.45) is -0.828. The Balaban J connectivity index is 2.83. The Morgan fingerprint density at radius 2 is 1.86 bits per heavy atom. The van der Waals surface area contributed by atoms with Crippen molar-refractivity contribution in [1.82, 2.24) is 0 Å². The summed E-state index contributed by atoms with van der Waals surface area (Å²) in [4.78, 5) is 20.6. The van der Waals surface area contributed by atoms with Gasteiger partial charge in [0.25, 0.3) is 0 Å². The molecule has 1 unspecified atom stereocenters. The molecule has 0 amide bonds. The molecular formula is C10H12O4. The summed E-state index contributed by atoms with van der Waals surface area (Å²) in [7, 11) is 2.65. The normalized spacial score (nSPS) is 12.1. The molecule has 0 radical (unpaired) electrons. The summed E-state index contributed by atoms with van der Waals surface area (Å²) in [5, 5.41) is 0. The van der Waals surface area contributed by atoms with Crippen LogP contribution in [0.2, 0.25) is 0 Å². The molecule has 0 aliphatic carbocycles. The Kier molecular flexibility index (Phi) is 4.10. The molecule has 1 rings (SSSR count). The standard InChI is InChI=1S/C10H12O4/c1-12-10(11)9(14-13-2)8-6-4-3-5-7-8/h3-7,9H,1-2H3. The highest BCUT2D eigenvalue weighted by atomic mass is 17.2. The Bertz CT molecular complexity index is 283. The van der Waals surface area contributed by atoms with Crippen LogP contribution in [0.5, 0.6) is 0 Å². The largest absolute Gasteiger partial charge is 0.467 e. The molecule has 1 atom stereocenters. The van der Waals surface area contributed by atoms with Crippen molar-refractivity contribution >= 4 is 5.97 Å². The molecule has 1 aromatic carbocycles. The molecule has 0 bridgehead atoms. The van der Waals surface area contributed by atoms with E-state index in [1.807, 2.05) is 18.2 Å². The van der Waals surface area contributed by atoms with Gasteiger partial charge in [-0.05, 0) is 5.56 Å². The van der Waals surface area contributed by atoms with E-state index in [0.29, 0.717) is 5.56 Å². The first-order chi connectivity index (χ1) is 6.79. The van der Waals surface area contributed by atoms with Crippen LogP contribution in [0.4, 0.5) is 0 Å². The second-order valence-corrected chi connectivity index (χ2v) is 2.58. The van der Waals surface area contributed by atoms with Gasteiger partial charge in [0.2, 0.25) is 6.10 Å². The maximum Gasteiger partial charge on any atom is 0.343 e. The van der Waals surface area contributed by atoms with E-state index < -0.39 is 12.1 Å². The Labute approximate surface area is 82.3 Å². The summed E-state index contributed by atoms with van der Waals surface area (Å²) in [6.45, 7) is 0. The maximum absolute atomic E-state index is 11.3. The van der Waals surface area contributed by atoms with Gasteiger partial charge in [0.15, 0.2) is 0 Å². The number of esters is 1. The van der Waals surface area contributed by atoms with Crippen molar-refractivity contribution in [3.63, 3.8) is 0 Å². The lowest BCUT2D eigenvalue weighted by atomic mass is 10.1. The van der Waals surface area contributed by atoms with Crippen molar-refractivity contribution < 1.29 is 19.3 Å². The van der Waals surface area contributed by atoms with Gasteiger partial charge in [-0.3, -0.25) is 0 Å². The van der Waals surface area contributed by atoms with Crippen LogP contribution in [-0.2, 0) is 19.3 Å². The van der Waals surface area contributed by atoms with Gasteiger partial charge in [0.1, 0.15) is 0 Å². The van der Waals surface area contributed by atoms with E-state index in [9.17, 15) is 4.79 Å². The Morgan fingerprint density at radius 3 is 2.36 bits per heavy atom. The van der Waals surface area contributed by atoms with Gasteiger partial charge in [0, 0.05) is 0 Å². The SMILES string of the molecule is COOC(C(=O)OC)c1ccccc1. The topological polar surface area (TPSA) is 44.8 Å². The van der Waals surface area contributed by atoms with Gasteiger partial charge >= 0.3 is 5.97 Å². The molecule has 14 heavy (non-hydrogen) atoms. The third kappa shape index (κ3) is 2.55. The number of benzene rings is 1. The van der Waals surface area contributed by atoms with Crippen molar-refractivity contribution in [2.45, 2.75) is 6.10 Å². The highest BCUT2D eigenvalue weighted by Gasteiger charge is 2.22. The Hall–Kier alpha value is -1.39. The van der Waals surface area contributed by atoms with E-state index in [1.165, 1.54) is 14.2 Å². The third-order valence-corrected chi connectivity index (χ3v) is 1.71. The van der Waals surface area contributed by atoms with Gasteiger partial charge in [-0.15, -0.1) is 0 Å². The molecular weight excluding hydrogens is 184 g/mol. The van der Waals surface area contributed by atoms with Crippen LogP contribution in [0.1, 0.15) is 11.7 Å². The molecule has 1 aromatic rings. The van der Waals surface area contributed by atoms with Crippen LogP contribution in [0, 0.1) is 0 Å². The Morgan fingerprint density at radius 1 is 1.21 bits per heavy atom. The predicted molar refractivity (Wildman–Crippen MR) is 49.3 cm³/mol. The summed E-state index contributed by atoms with van der Waals surface area (Å²) in [6, 6.07) is 9.00. The minimum absolute atomic E-state index is 0.488. The van der Waals surface area contributed by atoms with Gasteiger partial charge in [0.05, 0.1) is 14.2 Å². The van der Waals surface area contributed by atoms with E-state index in [1.54, 1.807) is 12.1 Å². The number of ether oxygens (including phenoxy) is 1. The van der Waals surface area contributed by atoms with Crippen LogP contribution in [0.3, 0.4) is 0 Å². The first-order valence-corrected chi connectivity index (χ1v) is 4.12. The molecule has 0 aliphatic heterocycles. The van der Waals surface area contributed by atoms with Gasteiger partial charge < -0.3 is 4.74 Å². The van der Waals surface area contributed by atoms with Crippen LogP contribution in [-0.4, -0.2) is 20.2 Å². The van der Waals surface area contributed by atoms with Crippen molar-refractivity contribution in [1.29, 1.82) is 0 Å². The summed E-state index contributed by atoms with van der Waals surface area (Å²) in [5.41, 5.74) is 0.696. The molecule has 0 fully saturated rings. The van der Waals surface area contributed by atoms with E-state index in [-0.39, 0.29) is 0 Å². The second-order valence-electron chi connectivity index (χ2n) is 2.58. The average Bonchev–Trinajstić information content (AvgIpc) is 2.26. The molecule has 0 saturated heterocycles. The lowest BCUT2D eigenvalue weighted by Crippen LogP contribution is -2.17. The first-order valence-electron chi connectivity index (χ1n) is 4.12. The van der Waals surface area contributed by atoms with E-state index in [4.69, 9.17) is 4.89 Å². The lowest BCUT2D eigenvalue weighted by Gasteiger charge is -2.12. The highest BCUT2D eigenvalue weighted by molar-refractivity contribution is 5.76. The fraction of sp³-hybridized carbons (Fsp3) is 0.300. The minimum Gasteiger partial charge on any atom is -0.467 e. The summed E-state index contributed by atoms with van der Waals surface area (Å²) < 4.78 is 4.58. The number of methoxy groups -OCH3 is 1. The lowest BCUT2D eigenvalue weighted by molar-refractivity contribution is -0.304. The summed E-state index contributed by atoms with van der Waals surface area (Å²) >= 11 is 0. The molecule has 76 valence electrons. The van der Waals surface area contributed by atoms with Crippen LogP contribution < -0.4 is 0 Å². The molecule has 0 saturated carbocycles. The molecule has 0 aliphatic rings. The zero-order valence-corrected chi connectivity index (χ0v) is 8.10. The van der Waals surface area contributed by atoms with E-state index in [0.717, 1.165) is 0 Å². The van der Waals surface area contributed by atoms with Crippen molar-refractivity contribution in [2.75, 3.05) is 14.2 Å².